The Bertz CT molecular complexity index is 576. The SMILES string of the molecule is COC(=O)c1cccc(Cc2cccc(OC)c2)c1. The van der Waals surface area contributed by atoms with E-state index in [9.17, 15) is 4.79 Å². The Kier molecular flexibility index (Phi) is 4.18. The number of ether oxygens (including phenoxy) is 2. The third kappa shape index (κ3) is 3.35. The van der Waals surface area contributed by atoms with E-state index in [0.29, 0.717) is 5.56 Å². The van der Waals surface area contributed by atoms with Gasteiger partial charge < -0.3 is 9.47 Å². The number of hydrogen-bond donors (Lipinski definition) is 0. The molecule has 0 fully saturated rings. The monoisotopic (exact) mass is 256 g/mol. The van der Waals surface area contributed by atoms with E-state index in [1.54, 1.807) is 13.2 Å². The molecule has 3 heteroatoms. The summed E-state index contributed by atoms with van der Waals surface area (Å²) in [7, 11) is 3.04. The molecule has 0 aliphatic rings. The Morgan fingerprint density at radius 2 is 1.68 bits per heavy atom. The van der Waals surface area contributed by atoms with Crippen LogP contribution in [0.3, 0.4) is 0 Å². The first-order valence-electron chi connectivity index (χ1n) is 6.03. The Balaban J connectivity index is 2.20. The molecule has 2 aromatic rings. The van der Waals surface area contributed by atoms with Crippen LogP contribution in [0.2, 0.25) is 0 Å². The molecule has 0 atom stereocenters. The smallest absolute Gasteiger partial charge is 0.337 e. The van der Waals surface area contributed by atoms with Gasteiger partial charge in [0.05, 0.1) is 19.8 Å². The topological polar surface area (TPSA) is 35.5 Å². The number of carbonyl (C=O) groups excluding carboxylic acids is 1. The van der Waals surface area contributed by atoms with Gasteiger partial charge in [0, 0.05) is 0 Å². The van der Waals surface area contributed by atoms with Gasteiger partial charge in [0.2, 0.25) is 0 Å². The fraction of sp³-hybridized carbons (Fsp3) is 0.188. The summed E-state index contributed by atoms with van der Waals surface area (Å²) < 4.78 is 9.92. The van der Waals surface area contributed by atoms with Crippen LogP contribution in [0.25, 0.3) is 0 Å². The molecule has 0 N–H and O–H groups in total. The van der Waals surface area contributed by atoms with Gasteiger partial charge in [-0.2, -0.15) is 0 Å². The maximum Gasteiger partial charge on any atom is 0.337 e. The molecule has 3 nitrogen and oxygen atoms in total. The highest BCUT2D eigenvalue weighted by Crippen LogP contribution is 2.17. The van der Waals surface area contributed by atoms with Crippen molar-refractivity contribution in [3.8, 4) is 5.75 Å². The maximum absolute atomic E-state index is 11.5. The number of methoxy groups -OCH3 is 2. The van der Waals surface area contributed by atoms with E-state index >= 15 is 0 Å². The summed E-state index contributed by atoms with van der Waals surface area (Å²) in [5.74, 6) is 0.522. The van der Waals surface area contributed by atoms with Gasteiger partial charge in [-0.3, -0.25) is 0 Å². The standard InChI is InChI=1S/C16H16O3/c1-18-15-8-4-6-13(11-15)9-12-5-3-7-14(10-12)16(17)19-2/h3-8,10-11H,9H2,1-2H3. The van der Waals surface area contributed by atoms with Gasteiger partial charge in [-0.15, -0.1) is 0 Å². The van der Waals surface area contributed by atoms with Gasteiger partial charge >= 0.3 is 5.97 Å². The molecule has 0 amide bonds. The van der Waals surface area contributed by atoms with Gasteiger partial charge in [-0.05, 0) is 41.8 Å². The highest BCUT2D eigenvalue weighted by molar-refractivity contribution is 5.89. The van der Waals surface area contributed by atoms with E-state index < -0.39 is 0 Å². The molecule has 0 saturated carbocycles. The first-order chi connectivity index (χ1) is 9.22. The summed E-state index contributed by atoms with van der Waals surface area (Å²) in [6.07, 6.45) is 0.752. The molecule has 0 aliphatic carbocycles. The van der Waals surface area contributed by atoms with Crippen molar-refractivity contribution in [2.24, 2.45) is 0 Å². The molecule has 98 valence electrons. The lowest BCUT2D eigenvalue weighted by Crippen LogP contribution is -2.01. The third-order valence-corrected chi connectivity index (χ3v) is 2.89. The van der Waals surface area contributed by atoms with Crippen LogP contribution in [0.15, 0.2) is 48.5 Å². The highest BCUT2D eigenvalue weighted by Gasteiger charge is 2.06. The van der Waals surface area contributed by atoms with E-state index in [4.69, 9.17) is 9.47 Å². The lowest BCUT2D eigenvalue weighted by atomic mass is 10.0. The van der Waals surface area contributed by atoms with Crippen LogP contribution in [-0.2, 0) is 11.2 Å². The molecule has 0 bridgehead atoms. The summed E-state index contributed by atoms with van der Waals surface area (Å²) >= 11 is 0. The Morgan fingerprint density at radius 1 is 1.00 bits per heavy atom. The second-order valence-corrected chi connectivity index (χ2v) is 4.22. The Labute approximate surface area is 112 Å². The molecule has 2 aromatic carbocycles. The van der Waals surface area contributed by atoms with Crippen LogP contribution in [0.1, 0.15) is 21.5 Å². The van der Waals surface area contributed by atoms with Gasteiger partial charge in [0.25, 0.3) is 0 Å². The number of benzene rings is 2. The molecule has 0 unspecified atom stereocenters. The molecule has 0 saturated heterocycles. The zero-order valence-corrected chi connectivity index (χ0v) is 11.1. The van der Waals surface area contributed by atoms with Crippen LogP contribution in [-0.4, -0.2) is 20.2 Å². The third-order valence-electron chi connectivity index (χ3n) is 2.89. The van der Waals surface area contributed by atoms with Crippen molar-refractivity contribution in [1.82, 2.24) is 0 Å². The predicted molar refractivity (Wildman–Crippen MR) is 73.6 cm³/mol. The minimum Gasteiger partial charge on any atom is -0.497 e. The molecule has 0 aliphatic heterocycles. The molecule has 0 radical (unpaired) electrons. The van der Waals surface area contributed by atoms with Crippen molar-refractivity contribution >= 4 is 5.97 Å². The average Bonchev–Trinajstić information content (AvgIpc) is 2.47. The van der Waals surface area contributed by atoms with E-state index in [1.807, 2.05) is 42.5 Å². The number of rotatable bonds is 4. The van der Waals surface area contributed by atoms with Crippen LogP contribution >= 0.6 is 0 Å². The van der Waals surface area contributed by atoms with Crippen LogP contribution < -0.4 is 4.74 Å². The fourth-order valence-electron chi connectivity index (χ4n) is 1.94. The Hall–Kier alpha value is -2.29. The van der Waals surface area contributed by atoms with Crippen molar-refractivity contribution in [2.45, 2.75) is 6.42 Å². The molecule has 19 heavy (non-hydrogen) atoms. The predicted octanol–water partition coefficient (Wildman–Crippen LogP) is 3.07. The first kappa shape index (κ1) is 13.1. The fourth-order valence-corrected chi connectivity index (χ4v) is 1.94. The van der Waals surface area contributed by atoms with E-state index in [0.717, 1.165) is 23.3 Å². The van der Waals surface area contributed by atoms with Crippen molar-refractivity contribution < 1.29 is 14.3 Å². The lowest BCUT2D eigenvalue weighted by molar-refractivity contribution is 0.0600. The zero-order valence-electron chi connectivity index (χ0n) is 11.1. The van der Waals surface area contributed by atoms with Crippen molar-refractivity contribution in [1.29, 1.82) is 0 Å². The minimum absolute atomic E-state index is 0.313. The molecular formula is C16H16O3. The number of hydrogen-bond acceptors (Lipinski definition) is 3. The lowest BCUT2D eigenvalue weighted by Gasteiger charge is -2.06. The Morgan fingerprint density at radius 3 is 2.37 bits per heavy atom. The van der Waals surface area contributed by atoms with Crippen LogP contribution in [0.5, 0.6) is 5.75 Å². The maximum atomic E-state index is 11.5. The minimum atomic E-state index is -0.313. The summed E-state index contributed by atoms with van der Waals surface area (Å²) in [6.45, 7) is 0. The second kappa shape index (κ2) is 6.05. The zero-order chi connectivity index (χ0) is 13.7. The van der Waals surface area contributed by atoms with Crippen molar-refractivity contribution in [3.05, 3.63) is 65.2 Å². The van der Waals surface area contributed by atoms with Crippen LogP contribution in [0.4, 0.5) is 0 Å². The van der Waals surface area contributed by atoms with Crippen LogP contribution in [0, 0.1) is 0 Å². The molecule has 0 aromatic heterocycles. The number of carbonyl (C=O) groups is 1. The molecule has 2 rings (SSSR count). The van der Waals surface area contributed by atoms with Gasteiger partial charge in [0.15, 0.2) is 0 Å². The van der Waals surface area contributed by atoms with E-state index in [2.05, 4.69) is 0 Å². The van der Waals surface area contributed by atoms with E-state index in [1.165, 1.54) is 7.11 Å². The largest absolute Gasteiger partial charge is 0.497 e. The quantitative estimate of drug-likeness (QED) is 0.789. The summed E-state index contributed by atoms with van der Waals surface area (Å²) in [5.41, 5.74) is 2.78. The molecule has 0 spiro atoms. The molecule has 0 heterocycles. The second-order valence-electron chi connectivity index (χ2n) is 4.22. The van der Waals surface area contributed by atoms with Crippen molar-refractivity contribution in [3.63, 3.8) is 0 Å². The highest BCUT2D eigenvalue weighted by atomic mass is 16.5. The van der Waals surface area contributed by atoms with Crippen molar-refractivity contribution in [2.75, 3.05) is 14.2 Å². The van der Waals surface area contributed by atoms with E-state index in [-0.39, 0.29) is 5.97 Å². The number of esters is 1. The van der Waals surface area contributed by atoms with Gasteiger partial charge in [-0.25, -0.2) is 4.79 Å². The summed E-state index contributed by atoms with van der Waals surface area (Å²) in [6, 6.07) is 15.4. The van der Waals surface area contributed by atoms with Gasteiger partial charge in [-0.1, -0.05) is 24.3 Å². The normalized spacial score (nSPS) is 10.0. The molecular weight excluding hydrogens is 240 g/mol. The summed E-state index contributed by atoms with van der Waals surface area (Å²) in [4.78, 5) is 11.5. The van der Waals surface area contributed by atoms with Gasteiger partial charge in [0.1, 0.15) is 5.75 Å². The average molecular weight is 256 g/mol. The summed E-state index contributed by atoms with van der Waals surface area (Å²) in [5, 5.41) is 0. The first-order valence-corrected chi connectivity index (χ1v) is 6.03.